The van der Waals surface area contributed by atoms with E-state index in [9.17, 15) is 0 Å². The van der Waals surface area contributed by atoms with E-state index in [1.165, 1.54) is 16.7 Å². The molecule has 0 aliphatic heterocycles. The molecule has 0 bridgehead atoms. The van der Waals surface area contributed by atoms with Crippen molar-refractivity contribution in [2.75, 3.05) is 20.2 Å². The molecule has 1 aliphatic carbocycles. The molecule has 1 atom stereocenters. The molecule has 2 nitrogen and oxygen atoms in total. The summed E-state index contributed by atoms with van der Waals surface area (Å²) in [5.41, 5.74) is 3.66. The lowest BCUT2D eigenvalue weighted by Crippen LogP contribution is -2.41. The van der Waals surface area contributed by atoms with Crippen LogP contribution in [0.15, 0.2) is 29.8 Å². The van der Waals surface area contributed by atoms with Crippen LogP contribution < -0.4 is 5.32 Å². The van der Waals surface area contributed by atoms with Gasteiger partial charge in [-0.3, -0.25) is 0 Å². The van der Waals surface area contributed by atoms with Crippen molar-refractivity contribution >= 4 is 6.08 Å². The number of methoxy groups -OCH3 is 1. The summed E-state index contributed by atoms with van der Waals surface area (Å²) >= 11 is 0. The standard InChI is InChI=1S/C16H23NO/c1-5-17-11-16(18-4)14-9-7-6-8-13(14)10-15(16)12(2)3/h6-10,12,17H,5,11H2,1-4H3. The van der Waals surface area contributed by atoms with Gasteiger partial charge < -0.3 is 10.1 Å². The van der Waals surface area contributed by atoms with Crippen LogP contribution in [-0.2, 0) is 10.3 Å². The van der Waals surface area contributed by atoms with Crippen LogP contribution in [0.2, 0.25) is 0 Å². The van der Waals surface area contributed by atoms with E-state index in [4.69, 9.17) is 4.74 Å². The van der Waals surface area contributed by atoms with Crippen LogP contribution in [0.3, 0.4) is 0 Å². The Balaban J connectivity index is 2.49. The Bertz CT molecular complexity index is 450. The van der Waals surface area contributed by atoms with Gasteiger partial charge in [-0.2, -0.15) is 0 Å². The van der Waals surface area contributed by atoms with Crippen LogP contribution in [0.4, 0.5) is 0 Å². The summed E-state index contributed by atoms with van der Waals surface area (Å²) in [5, 5.41) is 3.44. The summed E-state index contributed by atoms with van der Waals surface area (Å²) in [4.78, 5) is 0. The summed E-state index contributed by atoms with van der Waals surface area (Å²) in [6, 6.07) is 8.54. The number of rotatable bonds is 5. The maximum atomic E-state index is 5.97. The number of hydrogen-bond donors (Lipinski definition) is 1. The van der Waals surface area contributed by atoms with Crippen LogP contribution in [0.5, 0.6) is 0 Å². The molecule has 0 saturated heterocycles. The van der Waals surface area contributed by atoms with E-state index in [0.29, 0.717) is 5.92 Å². The van der Waals surface area contributed by atoms with E-state index in [-0.39, 0.29) is 5.60 Å². The van der Waals surface area contributed by atoms with Gasteiger partial charge in [0.05, 0.1) is 0 Å². The SMILES string of the molecule is CCNCC1(OC)C(C(C)C)=Cc2ccccc21. The third-order valence-corrected chi connectivity index (χ3v) is 3.77. The molecule has 1 aliphatic rings. The van der Waals surface area contributed by atoms with Crippen LogP contribution >= 0.6 is 0 Å². The lowest BCUT2D eigenvalue weighted by atomic mass is 9.84. The average Bonchev–Trinajstić information content (AvgIpc) is 2.72. The van der Waals surface area contributed by atoms with Gasteiger partial charge in [0.2, 0.25) is 0 Å². The fourth-order valence-electron chi connectivity index (χ4n) is 2.86. The Hall–Kier alpha value is -1.12. The van der Waals surface area contributed by atoms with Crippen LogP contribution in [0.1, 0.15) is 31.9 Å². The minimum Gasteiger partial charge on any atom is -0.368 e. The lowest BCUT2D eigenvalue weighted by molar-refractivity contribution is 0.0158. The maximum Gasteiger partial charge on any atom is 0.127 e. The molecular formula is C16H23NO. The molecule has 98 valence electrons. The van der Waals surface area contributed by atoms with Crippen LogP contribution in [0, 0.1) is 5.92 Å². The zero-order valence-electron chi connectivity index (χ0n) is 11.8. The van der Waals surface area contributed by atoms with Crippen molar-refractivity contribution in [3.8, 4) is 0 Å². The van der Waals surface area contributed by atoms with E-state index in [2.05, 4.69) is 56.4 Å². The van der Waals surface area contributed by atoms with Crippen molar-refractivity contribution in [3.05, 3.63) is 41.0 Å². The molecule has 0 radical (unpaired) electrons. The van der Waals surface area contributed by atoms with Crippen molar-refractivity contribution in [1.82, 2.24) is 5.32 Å². The summed E-state index contributed by atoms with van der Waals surface area (Å²) in [7, 11) is 1.82. The molecule has 1 unspecified atom stereocenters. The third-order valence-electron chi connectivity index (χ3n) is 3.77. The molecule has 0 amide bonds. The van der Waals surface area contributed by atoms with Gasteiger partial charge >= 0.3 is 0 Å². The highest BCUT2D eigenvalue weighted by Crippen LogP contribution is 2.45. The van der Waals surface area contributed by atoms with Crippen LogP contribution in [-0.4, -0.2) is 20.2 Å². The second-order valence-electron chi connectivity index (χ2n) is 5.15. The minimum atomic E-state index is -0.291. The fraction of sp³-hybridized carbons (Fsp3) is 0.500. The molecule has 1 aromatic rings. The van der Waals surface area contributed by atoms with Gasteiger partial charge in [-0.1, -0.05) is 51.1 Å². The number of nitrogens with one attached hydrogen (secondary N) is 1. The van der Waals surface area contributed by atoms with Gasteiger partial charge in [0.15, 0.2) is 0 Å². The molecule has 2 rings (SSSR count). The lowest BCUT2D eigenvalue weighted by Gasteiger charge is -2.34. The zero-order valence-corrected chi connectivity index (χ0v) is 11.8. The monoisotopic (exact) mass is 245 g/mol. The summed E-state index contributed by atoms with van der Waals surface area (Å²) in [6.07, 6.45) is 2.29. The molecule has 1 aromatic carbocycles. The molecule has 2 heteroatoms. The maximum absolute atomic E-state index is 5.97. The minimum absolute atomic E-state index is 0.291. The number of fused-ring (bicyclic) bond motifs is 1. The first kappa shape index (κ1) is 13.3. The van der Waals surface area contributed by atoms with Gasteiger partial charge in [0.25, 0.3) is 0 Å². The first-order chi connectivity index (χ1) is 8.65. The number of benzene rings is 1. The number of ether oxygens (including phenoxy) is 1. The van der Waals surface area contributed by atoms with E-state index in [0.717, 1.165) is 13.1 Å². The molecule has 0 heterocycles. The largest absolute Gasteiger partial charge is 0.368 e. The first-order valence-corrected chi connectivity index (χ1v) is 6.73. The third kappa shape index (κ3) is 2.00. The van der Waals surface area contributed by atoms with E-state index < -0.39 is 0 Å². The quantitative estimate of drug-likeness (QED) is 0.860. The van der Waals surface area contributed by atoms with Gasteiger partial charge in [-0.05, 0) is 29.2 Å². The smallest absolute Gasteiger partial charge is 0.127 e. The van der Waals surface area contributed by atoms with Gasteiger partial charge in [0.1, 0.15) is 5.60 Å². The molecule has 0 spiro atoms. The predicted octanol–water partition coefficient (Wildman–Crippen LogP) is 3.19. The number of hydrogen-bond acceptors (Lipinski definition) is 2. The molecule has 18 heavy (non-hydrogen) atoms. The van der Waals surface area contributed by atoms with Crippen molar-refractivity contribution in [2.24, 2.45) is 5.92 Å². The zero-order chi connectivity index (χ0) is 13.2. The molecule has 1 N–H and O–H groups in total. The Morgan fingerprint density at radius 2 is 2.00 bits per heavy atom. The van der Waals surface area contributed by atoms with Crippen LogP contribution in [0.25, 0.3) is 6.08 Å². The predicted molar refractivity (Wildman–Crippen MR) is 76.5 cm³/mol. The van der Waals surface area contributed by atoms with Crippen molar-refractivity contribution in [1.29, 1.82) is 0 Å². The summed E-state index contributed by atoms with van der Waals surface area (Å²) in [6.45, 7) is 8.39. The normalized spacial score (nSPS) is 22.2. The second-order valence-corrected chi connectivity index (χ2v) is 5.15. The highest BCUT2D eigenvalue weighted by Gasteiger charge is 2.42. The molecule has 0 aromatic heterocycles. The highest BCUT2D eigenvalue weighted by molar-refractivity contribution is 5.69. The topological polar surface area (TPSA) is 21.3 Å². The van der Waals surface area contributed by atoms with Gasteiger partial charge in [-0.15, -0.1) is 0 Å². The molecular weight excluding hydrogens is 222 g/mol. The van der Waals surface area contributed by atoms with Gasteiger partial charge in [0, 0.05) is 13.7 Å². The van der Waals surface area contributed by atoms with E-state index in [1.54, 1.807) is 0 Å². The highest BCUT2D eigenvalue weighted by atomic mass is 16.5. The summed E-state index contributed by atoms with van der Waals surface area (Å²) in [5.74, 6) is 0.482. The summed E-state index contributed by atoms with van der Waals surface area (Å²) < 4.78 is 5.97. The number of likely N-dealkylation sites (N-methyl/N-ethyl adjacent to an activating group) is 1. The van der Waals surface area contributed by atoms with E-state index >= 15 is 0 Å². The second kappa shape index (κ2) is 5.25. The van der Waals surface area contributed by atoms with Crippen molar-refractivity contribution < 1.29 is 4.74 Å². The average molecular weight is 245 g/mol. The molecule has 0 fully saturated rings. The first-order valence-electron chi connectivity index (χ1n) is 6.73. The Morgan fingerprint density at radius 3 is 2.61 bits per heavy atom. The Morgan fingerprint density at radius 1 is 1.28 bits per heavy atom. The van der Waals surface area contributed by atoms with Gasteiger partial charge in [-0.25, -0.2) is 0 Å². The Labute approximate surface area is 110 Å². The van der Waals surface area contributed by atoms with Crippen molar-refractivity contribution in [2.45, 2.75) is 26.4 Å². The molecule has 0 saturated carbocycles. The fourth-order valence-corrected chi connectivity index (χ4v) is 2.86. The Kier molecular flexibility index (Phi) is 3.88. The van der Waals surface area contributed by atoms with E-state index in [1.807, 2.05) is 7.11 Å². The van der Waals surface area contributed by atoms with Crippen molar-refractivity contribution in [3.63, 3.8) is 0 Å².